The summed E-state index contributed by atoms with van der Waals surface area (Å²) in [6.45, 7) is 6.58. The van der Waals surface area contributed by atoms with Gasteiger partial charge >= 0.3 is 0 Å². The number of benzene rings is 1. The molecule has 5 heteroatoms. The van der Waals surface area contributed by atoms with E-state index in [9.17, 15) is 4.79 Å². The van der Waals surface area contributed by atoms with Crippen molar-refractivity contribution in [3.05, 3.63) is 29.8 Å². The maximum absolute atomic E-state index is 13.3. The number of carbonyl (C=O) groups is 1. The first-order valence-electron chi connectivity index (χ1n) is 9.29. The summed E-state index contributed by atoms with van der Waals surface area (Å²) in [5.41, 5.74) is -0.123. The highest BCUT2D eigenvalue weighted by Crippen LogP contribution is 2.36. The number of morpholine rings is 1. The Labute approximate surface area is 149 Å². The van der Waals surface area contributed by atoms with Crippen LogP contribution in [0.5, 0.6) is 5.75 Å². The van der Waals surface area contributed by atoms with Crippen molar-refractivity contribution >= 4 is 5.91 Å². The maximum Gasteiger partial charge on any atom is 0.257 e. The molecule has 0 bridgehead atoms. The Kier molecular flexibility index (Phi) is 4.24. The van der Waals surface area contributed by atoms with Crippen molar-refractivity contribution in [2.45, 2.75) is 56.8 Å². The molecule has 3 aliphatic rings. The number of amides is 1. The van der Waals surface area contributed by atoms with Gasteiger partial charge in [-0.25, -0.2) is 0 Å². The third-order valence-corrected chi connectivity index (χ3v) is 5.05. The quantitative estimate of drug-likeness (QED) is 0.845. The van der Waals surface area contributed by atoms with Gasteiger partial charge in [-0.15, -0.1) is 0 Å². The van der Waals surface area contributed by atoms with E-state index in [1.165, 1.54) is 0 Å². The molecular weight excluding hydrogens is 318 g/mol. The van der Waals surface area contributed by atoms with Gasteiger partial charge in [0.1, 0.15) is 11.4 Å². The molecule has 1 unspecified atom stereocenters. The van der Waals surface area contributed by atoms with Gasteiger partial charge in [0.05, 0.1) is 30.4 Å². The van der Waals surface area contributed by atoms with E-state index in [2.05, 4.69) is 13.8 Å². The van der Waals surface area contributed by atoms with E-state index in [1.807, 2.05) is 29.2 Å². The average molecular weight is 345 g/mol. The van der Waals surface area contributed by atoms with E-state index in [-0.39, 0.29) is 23.2 Å². The molecule has 4 rings (SSSR count). The number of rotatable bonds is 3. The van der Waals surface area contributed by atoms with Crippen molar-refractivity contribution < 1.29 is 19.0 Å². The summed E-state index contributed by atoms with van der Waals surface area (Å²) < 4.78 is 18.0. The topological polar surface area (TPSA) is 48.0 Å². The fourth-order valence-corrected chi connectivity index (χ4v) is 3.97. The molecule has 1 atom stereocenters. The highest BCUT2D eigenvalue weighted by Gasteiger charge is 2.47. The average Bonchev–Trinajstić information content (AvgIpc) is 3.38. The number of para-hydroxylation sites is 1. The Balaban J connectivity index is 1.58. The third-order valence-electron chi connectivity index (χ3n) is 5.05. The van der Waals surface area contributed by atoms with Crippen LogP contribution in [0.2, 0.25) is 0 Å². The Hall–Kier alpha value is -1.59. The number of carbonyl (C=O) groups excluding carboxylic acids is 1. The van der Waals surface area contributed by atoms with Crippen LogP contribution in [0, 0.1) is 0 Å². The van der Waals surface area contributed by atoms with E-state index in [4.69, 9.17) is 14.2 Å². The van der Waals surface area contributed by atoms with Gasteiger partial charge in [0, 0.05) is 13.2 Å². The largest absolute Gasteiger partial charge is 0.490 e. The molecule has 2 heterocycles. The van der Waals surface area contributed by atoms with Crippen molar-refractivity contribution in [1.82, 2.24) is 4.90 Å². The number of hydrogen-bond acceptors (Lipinski definition) is 4. The lowest BCUT2D eigenvalue weighted by molar-refractivity contribution is -0.225. The van der Waals surface area contributed by atoms with E-state index < -0.39 is 0 Å². The highest BCUT2D eigenvalue weighted by molar-refractivity contribution is 5.97. The molecule has 3 fully saturated rings. The van der Waals surface area contributed by atoms with Gasteiger partial charge in [-0.1, -0.05) is 12.1 Å². The Morgan fingerprint density at radius 2 is 2.04 bits per heavy atom. The maximum atomic E-state index is 13.3. The van der Waals surface area contributed by atoms with Crippen LogP contribution in [0.3, 0.4) is 0 Å². The van der Waals surface area contributed by atoms with Crippen molar-refractivity contribution in [3.8, 4) is 5.75 Å². The van der Waals surface area contributed by atoms with E-state index in [0.29, 0.717) is 31.0 Å². The normalized spacial score (nSPS) is 28.8. The van der Waals surface area contributed by atoms with Gasteiger partial charge in [-0.2, -0.15) is 0 Å². The molecule has 0 radical (unpaired) electrons. The summed E-state index contributed by atoms with van der Waals surface area (Å²) in [7, 11) is 0. The van der Waals surface area contributed by atoms with Crippen LogP contribution in [-0.4, -0.2) is 54.4 Å². The number of ether oxygens (including phenoxy) is 3. The number of hydrogen-bond donors (Lipinski definition) is 0. The van der Waals surface area contributed by atoms with Crippen LogP contribution in [0.15, 0.2) is 24.3 Å². The predicted molar refractivity (Wildman–Crippen MR) is 93.9 cm³/mol. The van der Waals surface area contributed by atoms with Crippen LogP contribution in [0.1, 0.15) is 49.9 Å². The summed E-state index contributed by atoms with van der Waals surface area (Å²) in [6.07, 6.45) is 4.33. The lowest BCUT2D eigenvalue weighted by Crippen LogP contribution is -2.63. The van der Waals surface area contributed by atoms with E-state index in [0.717, 1.165) is 32.3 Å². The second-order valence-corrected chi connectivity index (χ2v) is 8.18. The van der Waals surface area contributed by atoms with Crippen LogP contribution in [0.4, 0.5) is 0 Å². The summed E-state index contributed by atoms with van der Waals surface area (Å²) >= 11 is 0. The molecule has 1 amide bonds. The van der Waals surface area contributed by atoms with Gasteiger partial charge in [-0.05, 0) is 51.7 Å². The van der Waals surface area contributed by atoms with Crippen molar-refractivity contribution in [2.75, 3.05) is 26.3 Å². The molecular formula is C20H27NO4. The molecule has 2 saturated heterocycles. The molecule has 25 heavy (non-hydrogen) atoms. The van der Waals surface area contributed by atoms with Gasteiger partial charge in [-0.3, -0.25) is 4.79 Å². The molecule has 1 saturated carbocycles. The first-order valence-corrected chi connectivity index (χ1v) is 9.29. The predicted octanol–water partition coefficient (Wildman–Crippen LogP) is 3.03. The van der Waals surface area contributed by atoms with Crippen LogP contribution in [0.25, 0.3) is 0 Å². The van der Waals surface area contributed by atoms with Gasteiger partial charge in [0.15, 0.2) is 0 Å². The molecule has 5 nitrogen and oxygen atoms in total. The van der Waals surface area contributed by atoms with Gasteiger partial charge in [0.25, 0.3) is 5.91 Å². The standard InChI is InChI=1S/C20H27NO4/c1-19(2)12-21(13-20(25-19)10-5-11-23-14-20)18(22)16-6-3-4-7-17(16)24-15-8-9-15/h3-4,6-7,15H,5,8-14H2,1-2H3. The minimum Gasteiger partial charge on any atom is -0.490 e. The van der Waals surface area contributed by atoms with Crippen molar-refractivity contribution in [1.29, 1.82) is 0 Å². The Morgan fingerprint density at radius 3 is 2.76 bits per heavy atom. The minimum atomic E-state index is -0.388. The molecule has 1 aliphatic carbocycles. The fourth-order valence-electron chi connectivity index (χ4n) is 3.97. The minimum absolute atomic E-state index is 0.0255. The van der Waals surface area contributed by atoms with Crippen LogP contribution in [-0.2, 0) is 9.47 Å². The zero-order valence-corrected chi connectivity index (χ0v) is 15.1. The van der Waals surface area contributed by atoms with Crippen LogP contribution < -0.4 is 4.74 Å². The van der Waals surface area contributed by atoms with Gasteiger partial charge < -0.3 is 19.1 Å². The lowest BCUT2D eigenvalue weighted by atomic mass is 9.90. The molecule has 0 aromatic heterocycles. The first kappa shape index (κ1) is 16.9. The Morgan fingerprint density at radius 1 is 1.24 bits per heavy atom. The summed E-state index contributed by atoms with van der Waals surface area (Å²) in [4.78, 5) is 15.2. The fraction of sp³-hybridized carbons (Fsp3) is 0.650. The summed E-state index contributed by atoms with van der Waals surface area (Å²) in [5.74, 6) is 0.728. The zero-order chi connectivity index (χ0) is 17.5. The van der Waals surface area contributed by atoms with Crippen LogP contribution >= 0.6 is 0 Å². The van der Waals surface area contributed by atoms with Crippen molar-refractivity contribution in [2.24, 2.45) is 0 Å². The molecule has 136 valence electrons. The molecule has 1 spiro atoms. The third kappa shape index (κ3) is 3.67. The summed E-state index contributed by atoms with van der Waals surface area (Å²) in [5, 5.41) is 0. The Bertz CT molecular complexity index is 647. The molecule has 1 aromatic carbocycles. The molecule has 0 N–H and O–H groups in total. The lowest BCUT2D eigenvalue weighted by Gasteiger charge is -2.51. The van der Waals surface area contributed by atoms with Gasteiger partial charge in [0.2, 0.25) is 0 Å². The van der Waals surface area contributed by atoms with E-state index in [1.54, 1.807) is 0 Å². The second-order valence-electron chi connectivity index (χ2n) is 8.18. The smallest absolute Gasteiger partial charge is 0.257 e. The molecule has 1 aromatic rings. The first-order chi connectivity index (χ1) is 12.0. The zero-order valence-electron chi connectivity index (χ0n) is 15.1. The second kappa shape index (κ2) is 6.29. The number of nitrogens with zero attached hydrogens (tertiary/aromatic N) is 1. The van der Waals surface area contributed by atoms with E-state index >= 15 is 0 Å². The SMILES string of the molecule is CC1(C)CN(C(=O)c2ccccc2OC2CC2)CC2(CCCOC2)O1. The summed E-state index contributed by atoms with van der Waals surface area (Å²) in [6, 6.07) is 7.59. The molecule has 2 aliphatic heterocycles. The highest BCUT2D eigenvalue weighted by atomic mass is 16.6. The van der Waals surface area contributed by atoms with Crippen molar-refractivity contribution in [3.63, 3.8) is 0 Å². The monoisotopic (exact) mass is 345 g/mol.